The first kappa shape index (κ1) is 13.3. The highest BCUT2D eigenvalue weighted by atomic mass is 16.3. The number of aliphatic imine (C=N–C) groups is 1. The maximum Gasteiger partial charge on any atom is 0.188 e. The molecule has 0 spiro atoms. The monoisotopic (exact) mass is 227 g/mol. The Hall–Kier alpha value is -0.770. The lowest BCUT2D eigenvalue weighted by atomic mass is 9.95. The van der Waals surface area contributed by atoms with Crippen LogP contribution in [-0.2, 0) is 0 Å². The highest BCUT2D eigenvalue weighted by Crippen LogP contribution is 2.27. The molecule has 1 fully saturated rings. The fourth-order valence-corrected chi connectivity index (χ4v) is 2.09. The van der Waals surface area contributed by atoms with Gasteiger partial charge in [-0.05, 0) is 19.3 Å². The van der Waals surface area contributed by atoms with Crippen LogP contribution >= 0.6 is 0 Å². The Labute approximate surface area is 98.3 Å². The van der Waals surface area contributed by atoms with Crippen LogP contribution in [0.4, 0.5) is 0 Å². The van der Waals surface area contributed by atoms with Gasteiger partial charge >= 0.3 is 0 Å². The minimum absolute atomic E-state index is 0.440. The summed E-state index contributed by atoms with van der Waals surface area (Å²) in [6.45, 7) is 3.36. The zero-order valence-corrected chi connectivity index (χ0v) is 10.3. The molecule has 1 saturated carbocycles. The summed E-state index contributed by atoms with van der Waals surface area (Å²) in [5.41, 5.74) is 5.09. The number of guanidine groups is 1. The van der Waals surface area contributed by atoms with Gasteiger partial charge in [-0.2, -0.15) is 0 Å². The molecule has 0 aromatic rings. The predicted octanol–water partition coefficient (Wildman–Crippen LogP) is 1.39. The van der Waals surface area contributed by atoms with Crippen molar-refractivity contribution < 1.29 is 5.11 Å². The van der Waals surface area contributed by atoms with E-state index < -0.39 is 5.60 Å². The van der Waals surface area contributed by atoms with Gasteiger partial charge in [-0.3, -0.25) is 4.99 Å². The Balaban J connectivity index is 2.38. The van der Waals surface area contributed by atoms with Crippen molar-refractivity contribution in [3.63, 3.8) is 0 Å². The molecule has 4 N–H and O–H groups in total. The number of rotatable bonds is 4. The van der Waals surface area contributed by atoms with Gasteiger partial charge in [0.25, 0.3) is 0 Å². The summed E-state index contributed by atoms with van der Waals surface area (Å²) in [5, 5.41) is 13.4. The van der Waals surface area contributed by atoms with Gasteiger partial charge in [0, 0.05) is 6.54 Å². The SMILES string of the molecule is CCCNC(N)=NCC1(O)CCCCCC1. The number of hydrogen-bond donors (Lipinski definition) is 3. The summed E-state index contributed by atoms with van der Waals surface area (Å²) in [7, 11) is 0. The van der Waals surface area contributed by atoms with E-state index in [4.69, 9.17) is 5.73 Å². The summed E-state index contributed by atoms with van der Waals surface area (Å²) in [4.78, 5) is 4.23. The van der Waals surface area contributed by atoms with Crippen LogP contribution in [0.25, 0.3) is 0 Å². The third-order valence-electron chi connectivity index (χ3n) is 3.13. The molecule has 4 heteroatoms. The van der Waals surface area contributed by atoms with Crippen LogP contribution in [0.15, 0.2) is 4.99 Å². The molecule has 0 bridgehead atoms. The van der Waals surface area contributed by atoms with Gasteiger partial charge in [-0.25, -0.2) is 0 Å². The molecule has 0 aromatic heterocycles. The Morgan fingerprint density at radius 2 is 1.94 bits per heavy atom. The Morgan fingerprint density at radius 1 is 1.31 bits per heavy atom. The molecule has 1 rings (SSSR count). The fourth-order valence-electron chi connectivity index (χ4n) is 2.09. The minimum Gasteiger partial charge on any atom is -0.388 e. The van der Waals surface area contributed by atoms with Gasteiger partial charge in [0.2, 0.25) is 0 Å². The summed E-state index contributed by atoms with van der Waals surface area (Å²) in [6, 6.07) is 0. The van der Waals surface area contributed by atoms with Gasteiger partial charge < -0.3 is 16.2 Å². The summed E-state index contributed by atoms with van der Waals surface area (Å²) >= 11 is 0. The van der Waals surface area contributed by atoms with Crippen LogP contribution in [0.2, 0.25) is 0 Å². The van der Waals surface area contributed by atoms with Gasteiger partial charge in [-0.1, -0.05) is 32.6 Å². The Morgan fingerprint density at radius 3 is 2.50 bits per heavy atom. The molecular formula is C12H25N3O. The van der Waals surface area contributed by atoms with E-state index in [2.05, 4.69) is 17.2 Å². The van der Waals surface area contributed by atoms with E-state index in [1.54, 1.807) is 0 Å². The summed E-state index contributed by atoms with van der Waals surface area (Å²) < 4.78 is 0. The normalized spacial score (nSPS) is 21.5. The molecule has 0 aromatic carbocycles. The van der Waals surface area contributed by atoms with Crippen LogP contribution < -0.4 is 11.1 Å². The van der Waals surface area contributed by atoms with Crippen molar-refractivity contribution in [2.75, 3.05) is 13.1 Å². The molecule has 0 atom stereocenters. The fraction of sp³-hybridized carbons (Fsp3) is 0.917. The molecule has 0 aliphatic heterocycles. The topological polar surface area (TPSA) is 70.6 Å². The lowest BCUT2D eigenvalue weighted by Gasteiger charge is -2.24. The maximum atomic E-state index is 10.3. The number of hydrogen-bond acceptors (Lipinski definition) is 2. The van der Waals surface area contributed by atoms with Crippen molar-refractivity contribution >= 4 is 5.96 Å². The number of nitrogens with one attached hydrogen (secondary N) is 1. The maximum absolute atomic E-state index is 10.3. The van der Waals surface area contributed by atoms with Crippen molar-refractivity contribution in [1.29, 1.82) is 0 Å². The molecule has 0 amide bonds. The van der Waals surface area contributed by atoms with E-state index in [1.165, 1.54) is 12.8 Å². The Kier molecular flexibility index (Phi) is 5.60. The second-order valence-corrected chi connectivity index (χ2v) is 4.77. The molecule has 1 aliphatic rings. The smallest absolute Gasteiger partial charge is 0.188 e. The van der Waals surface area contributed by atoms with Crippen LogP contribution in [0.3, 0.4) is 0 Å². The molecule has 16 heavy (non-hydrogen) atoms. The highest BCUT2D eigenvalue weighted by Gasteiger charge is 2.27. The second-order valence-electron chi connectivity index (χ2n) is 4.77. The molecule has 94 valence electrons. The van der Waals surface area contributed by atoms with E-state index in [9.17, 15) is 5.11 Å². The first-order valence-electron chi connectivity index (χ1n) is 6.42. The third kappa shape index (κ3) is 4.84. The lowest BCUT2D eigenvalue weighted by molar-refractivity contribution is 0.0343. The van der Waals surface area contributed by atoms with Crippen molar-refractivity contribution in [1.82, 2.24) is 5.32 Å². The van der Waals surface area contributed by atoms with Gasteiger partial charge in [0.1, 0.15) is 0 Å². The van der Waals surface area contributed by atoms with Gasteiger partial charge in [-0.15, -0.1) is 0 Å². The molecule has 4 nitrogen and oxygen atoms in total. The molecule has 0 unspecified atom stereocenters. The van der Waals surface area contributed by atoms with E-state index in [1.807, 2.05) is 0 Å². The molecular weight excluding hydrogens is 202 g/mol. The average molecular weight is 227 g/mol. The zero-order valence-electron chi connectivity index (χ0n) is 10.3. The molecule has 0 saturated heterocycles. The number of nitrogens with zero attached hydrogens (tertiary/aromatic N) is 1. The number of aliphatic hydroxyl groups is 1. The first-order valence-corrected chi connectivity index (χ1v) is 6.42. The van der Waals surface area contributed by atoms with Crippen molar-refractivity contribution in [2.45, 2.75) is 57.5 Å². The predicted molar refractivity (Wildman–Crippen MR) is 67.4 cm³/mol. The zero-order chi connectivity index (χ0) is 11.9. The molecule has 0 heterocycles. The largest absolute Gasteiger partial charge is 0.388 e. The van der Waals surface area contributed by atoms with Crippen LogP contribution in [0.5, 0.6) is 0 Å². The summed E-state index contributed by atoms with van der Waals surface area (Å²) in [5.74, 6) is 0.458. The quantitative estimate of drug-likeness (QED) is 0.386. The second kappa shape index (κ2) is 6.74. The molecule has 0 radical (unpaired) electrons. The molecule has 1 aliphatic carbocycles. The van der Waals surface area contributed by atoms with Gasteiger partial charge in [0.05, 0.1) is 12.1 Å². The van der Waals surface area contributed by atoms with Crippen molar-refractivity contribution in [3.05, 3.63) is 0 Å². The lowest BCUT2D eigenvalue weighted by Crippen LogP contribution is -2.37. The average Bonchev–Trinajstić information content (AvgIpc) is 2.49. The van der Waals surface area contributed by atoms with E-state index >= 15 is 0 Å². The van der Waals surface area contributed by atoms with Crippen LogP contribution in [0, 0.1) is 0 Å². The summed E-state index contributed by atoms with van der Waals surface area (Å²) in [6.07, 6.45) is 7.42. The highest BCUT2D eigenvalue weighted by molar-refractivity contribution is 5.77. The van der Waals surface area contributed by atoms with Crippen molar-refractivity contribution in [3.8, 4) is 0 Å². The van der Waals surface area contributed by atoms with Crippen LogP contribution in [0.1, 0.15) is 51.9 Å². The third-order valence-corrected chi connectivity index (χ3v) is 3.13. The standard InChI is InChI=1S/C12H25N3O/c1-2-9-14-11(13)15-10-12(16)7-5-3-4-6-8-12/h16H,2-10H2,1H3,(H3,13,14,15). The van der Waals surface area contributed by atoms with Crippen LogP contribution in [-0.4, -0.2) is 29.8 Å². The van der Waals surface area contributed by atoms with Gasteiger partial charge in [0.15, 0.2) is 5.96 Å². The Bertz CT molecular complexity index is 220. The first-order chi connectivity index (χ1) is 7.66. The number of nitrogens with two attached hydrogens (primary N) is 1. The minimum atomic E-state index is -0.616. The van der Waals surface area contributed by atoms with Crippen molar-refractivity contribution in [2.24, 2.45) is 10.7 Å². The van der Waals surface area contributed by atoms with E-state index in [0.29, 0.717) is 12.5 Å². The van der Waals surface area contributed by atoms with E-state index in [0.717, 1.165) is 38.6 Å². The van der Waals surface area contributed by atoms with E-state index in [-0.39, 0.29) is 0 Å².